The molecule has 0 spiro atoms. The van der Waals surface area contributed by atoms with E-state index < -0.39 is 0 Å². The van der Waals surface area contributed by atoms with Crippen LogP contribution in [0.15, 0.2) is 133 Å². The first-order chi connectivity index (χ1) is 16.3. The van der Waals surface area contributed by atoms with Gasteiger partial charge in [0.15, 0.2) is 0 Å². The summed E-state index contributed by atoms with van der Waals surface area (Å²) in [5.41, 5.74) is 9.19. The molecule has 0 saturated carbocycles. The van der Waals surface area contributed by atoms with Crippen LogP contribution in [0, 0.1) is 6.92 Å². The Labute approximate surface area is 195 Å². The molecular formula is C31H26N2. The first-order valence-corrected chi connectivity index (χ1v) is 11.2. The van der Waals surface area contributed by atoms with Crippen molar-refractivity contribution in [3.63, 3.8) is 0 Å². The lowest BCUT2D eigenvalue weighted by atomic mass is 10.0. The number of hydrogen-bond acceptors (Lipinski definition) is 2. The molecular weight excluding hydrogens is 400 g/mol. The molecule has 0 aliphatic carbocycles. The molecule has 1 N–H and O–H groups in total. The number of para-hydroxylation sites is 1. The van der Waals surface area contributed by atoms with Crippen LogP contribution in [0.4, 0.5) is 28.4 Å². The van der Waals surface area contributed by atoms with Gasteiger partial charge in [0.05, 0.1) is 0 Å². The Morgan fingerprint density at radius 3 is 1.64 bits per heavy atom. The van der Waals surface area contributed by atoms with Crippen molar-refractivity contribution in [3.05, 3.63) is 139 Å². The molecule has 2 nitrogen and oxygen atoms in total. The summed E-state index contributed by atoms with van der Waals surface area (Å²) in [5, 5.41) is 3.49. The summed E-state index contributed by atoms with van der Waals surface area (Å²) in [6.45, 7) is 2.10. The van der Waals surface area contributed by atoms with Gasteiger partial charge in [-0.05, 0) is 78.7 Å². The van der Waals surface area contributed by atoms with Gasteiger partial charge in [0, 0.05) is 28.4 Å². The lowest BCUT2D eigenvalue weighted by molar-refractivity contribution is 1.28. The van der Waals surface area contributed by atoms with Gasteiger partial charge >= 0.3 is 0 Å². The minimum atomic E-state index is 1.06. The van der Waals surface area contributed by atoms with Gasteiger partial charge in [0.1, 0.15) is 0 Å². The number of benzene rings is 5. The van der Waals surface area contributed by atoms with Crippen molar-refractivity contribution in [1.29, 1.82) is 0 Å². The minimum Gasteiger partial charge on any atom is -0.356 e. The molecule has 0 amide bonds. The highest BCUT2D eigenvalue weighted by molar-refractivity contribution is 5.80. The summed E-state index contributed by atoms with van der Waals surface area (Å²) in [4.78, 5) is 2.29. The van der Waals surface area contributed by atoms with E-state index in [0.717, 1.165) is 28.4 Å². The summed E-state index contributed by atoms with van der Waals surface area (Å²) in [5.74, 6) is 0. The average Bonchev–Trinajstić information content (AvgIpc) is 2.88. The normalized spacial score (nSPS) is 10.6. The molecule has 0 saturated heterocycles. The zero-order valence-electron chi connectivity index (χ0n) is 18.6. The molecule has 2 heteroatoms. The maximum Gasteiger partial charge on any atom is 0.0467 e. The third-order valence-electron chi connectivity index (χ3n) is 5.69. The third-order valence-corrected chi connectivity index (χ3v) is 5.69. The van der Waals surface area contributed by atoms with Gasteiger partial charge < -0.3 is 10.2 Å². The van der Waals surface area contributed by atoms with Gasteiger partial charge in [0.2, 0.25) is 0 Å². The number of nitrogens with one attached hydrogen (secondary N) is 1. The second kappa shape index (κ2) is 9.46. The summed E-state index contributed by atoms with van der Waals surface area (Å²) >= 11 is 0. The lowest BCUT2D eigenvalue weighted by Gasteiger charge is -2.26. The number of aryl methyl sites for hydroxylation is 1. The van der Waals surface area contributed by atoms with Crippen LogP contribution in [0.3, 0.4) is 0 Å². The van der Waals surface area contributed by atoms with Gasteiger partial charge in [-0.25, -0.2) is 0 Å². The van der Waals surface area contributed by atoms with Crippen LogP contribution in [0.1, 0.15) is 5.56 Å². The molecule has 5 rings (SSSR count). The topological polar surface area (TPSA) is 15.3 Å². The molecule has 0 unspecified atom stereocenters. The Bertz CT molecular complexity index is 1310. The van der Waals surface area contributed by atoms with E-state index in [1.165, 1.54) is 16.7 Å². The Morgan fingerprint density at radius 2 is 0.970 bits per heavy atom. The monoisotopic (exact) mass is 426 g/mol. The predicted octanol–water partition coefficient (Wildman–Crippen LogP) is 8.88. The van der Waals surface area contributed by atoms with Crippen molar-refractivity contribution in [3.8, 4) is 11.1 Å². The van der Waals surface area contributed by atoms with Crippen LogP contribution >= 0.6 is 0 Å². The van der Waals surface area contributed by atoms with Crippen LogP contribution < -0.4 is 10.2 Å². The summed E-state index contributed by atoms with van der Waals surface area (Å²) in [7, 11) is 0. The molecule has 0 fully saturated rings. The van der Waals surface area contributed by atoms with E-state index in [2.05, 4.69) is 151 Å². The van der Waals surface area contributed by atoms with Crippen LogP contribution in [0.2, 0.25) is 0 Å². The SMILES string of the molecule is Cc1ccc(Nc2ccc(N(c3ccccc3)c3cccc(-c4ccccc4)c3)cc2)cc1. The molecule has 0 aliphatic rings. The average molecular weight is 427 g/mol. The lowest BCUT2D eigenvalue weighted by Crippen LogP contribution is -2.09. The van der Waals surface area contributed by atoms with Gasteiger partial charge in [-0.2, -0.15) is 0 Å². The molecule has 0 atom stereocenters. The molecule has 0 aromatic heterocycles. The molecule has 0 bridgehead atoms. The highest BCUT2D eigenvalue weighted by Crippen LogP contribution is 2.37. The smallest absolute Gasteiger partial charge is 0.0467 e. The fourth-order valence-electron chi connectivity index (χ4n) is 3.98. The molecule has 5 aromatic carbocycles. The number of anilines is 5. The van der Waals surface area contributed by atoms with Crippen molar-refractivity contribution in [2.75, 3.05) is 10.2 Å². The number of rotatable bonds is 6. The van der Waals surface area contributed by atoms with Gasteiger partial charge in [-0.15, -0.1) is 0 Å². The van der Waals surface area contributed by atoms with E-state index in [4.69, 9.17) is 0 Å². The maximum absolute atomic E-state index is 3.49. The third kappa shape index (κ3) is 4.81. The number of hydrogen-bond donors (Lipinski definition) is 1. The quantitative estimate of drug-likeness (QED) is 0.292. The largest absolute Gasteiger partial charge is 0.356 e. The van der Waals surface area contributed by atoms with E-state index in [1.807, 2.05) is 0 Å². The van der Waals surface area contributed by atoms with Gasteiger partial charge in [-0.3, -0.25) is 0 Å². The highest BCUT2D eigenvalue weighted by atomic mass is 15.1. The molecule has 0 aliphatic heterocycles. The second-order valence-electron chi connectivity index (χ2n) is 8.13. The van der Waals surface area contributed by atoms with Crippen molar-refractivity contribution < 1.29 is 0 Å². The van der Waals surface area contributed by atoms with E-state index >= 15 is 0 Å². The Kier molecular flexibility index (Phi) is 5.90. The molecule has 33 heavy (non-hydrogen) atoms. The highest BCUT2D eigenvalue weighted by Gasteiger charge is 2.13. The number of nitrogens with zero attached hydrogens (tertiary/aromatic N) is 1. The molecule has 0 radical (unpaired) electrons. The maximum atomic E-state index is 3.49. The fraction of sp³-hybridized carbons (Fsp3) is 0.0323. The van der Waals surface area contributed by atoms with Gasteiger partial charge in [0.25, 0.3) is 0 Å². The molecule has 160 valence electrons. The van der Waals surface area contributed by atoms with Crippen LogP contribution in [-0.2, 0) is 0 Å². The second-order valence-corrected chi connectivity index (χ2v) is 8.13. The van der Waals surface area contributed by atoms with Crippen LogP contribution in [-0.4, -0.2) is 0 Å². The van der Waals surface area contributed by atoms with Gasteiger partial charge in [-0.1, -0.05) is 78.4 Å². The summed E-state index contributed by atoms with van der Waals surface area (Å²) in [6, 6.07) is 46.8. The zero-order valence-corrected chi connectivity index (χ0v) is 18.6. The first kappa shape index (κ1) is 20.6. The van der Waals surface area contributed by atoms with E-state index in [9.17, 15) is 0 Å². The standard InChI is InChI=1S/C31H26N2/c1-24-15-17-27(18-16-24)32-28-19-21-30(22-20-28)33(29-12-6-3-7-13-29)31-14-8-11-26(23-31)25-9-4-2-5-10-25/h2-23,32H,1H3. The summed E-state index contributed by atoms with van der Waals surface area (Å²) < 4.78 is 0. The van der Waals surface area contributed by atoms with Crippen molar-refractivity contribution >= 4 is 28.4 Å². The van der Waals surface area contributed by atoms with E-state index in [0.29, 0.717) is 0 Å². The molecule has 0 heterocycles. The molecule has 5 aromatic rings. The first-order valence-electron chi connectivity index (χ1n) is 11.2. The van der Waals surface area contributed by atoms with E-state index in [-0.39, 0.29) is 0 Å². The van der Waals surface area contributed by atoms with Crippen LogP contribution in [0.25, 0.3) is 11.1 Å². The Balaban J connectivity index is 1.50. The predicted molar refractivity (Wildman–Crippen MR) is 141 cm³/mol. The minimum absolute atomic E-state index is 1.06. The van der Waals surface area contributed by atoms with E-state index in [1.54, 1.807) is 0 Å². The Hall–Kier alpha value is -4.30. The Morgan fingerprint density at radius 1 is 0.455 bits per heavy atom. The van der Waals surface area contributed by atoms with Crippen molar-refractivity contribution in [1.82, 2.24) is 0 Å². The fourth-order valence-corrected chi connectivity index (χ4v) is 3.98. The van der Waals surface area contributed by atoms with Crippen molar-refractivity contribution in [2.24, 2.45) is 0 Å². The summed E-state index contributed by atoms with van der Waals surface area (Å²) in [6.07, 6.45) is 0. The van der Waals surface area contributed by atoms with Crippen molar-refractivity contribution in [2.45, 2.75) is 6.92 Å². The zero-order chi connectivity index (χ0) is 22.5. The van der Waals surface area contributed by atoms with Crippen LogP contribution in [0.5, 0.6) is 0 Å².